The number of aryl methyl sites for hydroxylation is 1. The fraction of sp³-hybridized carbons (Fsp3) is 0.467. The summed E-state index contributed by atoms with van der Waals surface area (Å²) in [5.74, 6) is 0.803. The zero-order valence-electron chi connectivity index (χ0n) is 9.63. The maximum absolute atomic E-state index is 3.86. The molecule has 0 aliphatic heterocycles. The Labute approximate surface area is 93.0 Å². The lowest BCUT2D eigenvalue weighted by atomic mass is 9.83. The molecular formula is C15H20. The molecule has 2 rings (SSSR count). The van der Waals surface area contributed by atoms with Crippen LogP contribution in [-0.4, -0.2) is 0 Å². The van der Waals surface area contributed by atoms with E-state index >= 15 is 0 Å². The van der Waals surface area contributed by atoms with Crippen LogP contribution in [0.5, 0.6) is 0 Å². The van der Waals surface area contributed by atoms with Crippen LogP contribution in [0.3, 0.4) is 0 Å². The van der Waals surface area contributed by atoms with Crippen LogP contribution in [0.2, 0.25) is 0 Å². The number of rotatable bonds is 2. The van der Waals surface area contributed by atoms with Gasteiger partial charge in [-0.1, -0.05) is 55.7 Å². The lowest BCUT2D eigenvalue weighted by molar-refractivity contribution is 0.443. The Kier molecular flexibility index (Phi) is 3.25. The third-order valence-corrected chi connectivity index (χ3v) is 3.43. The van der Waals surface area contributed by atoms with Crippen molar-refractivity contribution in [1.29, 1.82) is 0 Å². The van der Waals surface area contributed by atoms with Gasteiger partial charge < -0.3 is 0 Å². The predicted octanol–water partition coefficient (Wildman–Crippen LogP) is 4.69. The quantitative estimate of drug-likeness (QED) is 0.650. The first kappa shape index (κ1) is 10.5. The van der Waals surface area contributed by atoms with E-state index in [1.165, 1.54) is 48.8 Å². The molecule has 0 heteroatoms. The van der Waals surface area contributed by atoms with E-state index in [2.05, 4.69) is 31.7 Å². The zero-order chi connectivity index (χ0) is 10.7. The average molecular weight is 200 g/mol. The van der Waals surface area contributed by atoms with Crippen LogP contribution in [0.25, 0.3) is 6.08 Å². The van der Waals surface area contributed by atoms with E-state index in [0.717, 1.165) is 5.92 Å². The van der Waals surface area contributed by atoms with Crippen molar-refractivity contribution in [2.75, 3.05) is 0 Å². The molecule has 0 N–H and O–H groups in total. The Bertz CT molecular complexity index is 343. The number of hydrogen-bond acceptors (Lipinski definition) is 0. The van der Waals surface area contributed by atoms with Gasteiger partial charge in [-0.15, -0.1) is 0 Å². The van der Waals surface area contributed by atoms with Gasteiger partial charge in [0, 0.05) is 0 Å². The summed E-state index contributed by atoms with van der Waals surface area (Å²) in [4.78, 5) is 0. The summed E-state index contributed by atoms with van der Waals surface area (Å²) < 4.78 is 0. The third kappa shape index (κ3) is 2.50. The smallest absolute Gasteiger partial charge is 0.0162 e. The van der Waals surface area contributed by atoms with Gasteiger partial charge in [-0.05, 0) is 36.8 Å². The Balaban J connectivity index is 2.25. The molecule has 15 heavy (non-hydrogen) atoms. The van der Waals surface area contributed by atoms with Gasteiger partial charge >= 0.3 is 0 Å². The molecule has 0 bridgehead atoms. The predicted molar refractivity (Wildman–Crippen MR) is 67.1 cm³/mol. The van der Waals surface area contributed by atoms with Crippen molar-refractivity contribution in [3.63, 3.8) is 0 Å². The lowest BCUT2D eigenvalue weighted by Gasteiger charge is -2.22. The molecule has 0 heterocycles. The summed E-state index contributed by atoms with van der Waals surface area (Å²) in [5, 5.41) is 0. The van der Waals surface area contributed by atoms with E-state index in [-0.39, 0.29) is 0 Å². The van der Waals surface area contributed by atoms with E-state index in [0.29, 0.717) is 0 Å². The Morgan fingerprint density at radius 1 is 1.13 bits per heavy atom. The normalized spacial score (nSPS) is 17.7. The molecule has 0 aromatic heterocycles. The Hall–Kier alpha value is -1.04. The Morgan fingerprint density at radius 2 is 1.87 bits per heavy atom. The monoisotopic (exact) mass is 200 g/mol. The third-order valence-electron chi connectivity index (χ3n) is 3.43. The minimum atomic E-state index is 0.803. The summed E-state index contributed by atoms with van der Waals surface area (Å²) in [5.41, 5.74) is 4.17. The van der Waals surface area contributed by atoms with Crippen molar-refractivity contribution < 1.29 is 0 Å². The molecule has 1 aromatic rings. The molecule has 80 valence electrons. The van der Waals surface area contributed by atoms with Crippen LogP contribution in [0.15, 0.2) is 24.8 Å². The zero-order valence-corrected chi connectivity index (χ0v) is 9.63. The lowest BCUT2D eigenvalue weighted by Crippen LogP contribution is -2.04. The summed E-state index contributed by atoms with van der Waals surface area (Å²) >= 11 is 0. The molecule has 0 unspecified atom stereocenters. The van der Waals surface area contributed by atoms with Crippen LogP contribution >= 0.6 is 0 Å². The van der Waals surface area contributed by atoms with Crippen molar-refractivity contribution in [2.45, 2.75) is 44.9 Å². The molecule has 1 fully saturated rings. The second-order valence-corrected chi connectivity index (χ2v) is 4.72. The molecule has 0 atom stereocenters. The van der Waals surface area contributed by atoms with Crippen molar-refractivity contribution in [3.05, 3.63) is 41.5 Å². The largest absolute Gasteiger partial charge is 0.0985 e. The first-order valence-electron chi connectivity index (χ1n) is 6.03. The van der Waals surface area contributed by atoms with Gasteiger partial charge in [-0.2, -0.15) is 0 Å². The highest BCUT2D eigenvalue weighted by atomic mass is 14.2. The van der Waals surface area contributed by atoms with Gasteiger partial charge in [0.05, 0.1) is 0 Å². The molecule has 0 radical (unpaired) electrons. The van der Waals surface area contributed by atoms with Gasteiger partial charge in [-0.3, -0.25) is 0 Å². The van der Waals surface area contributed by atoms with Crippen LogP contribution in [0.1, 0.15) is 54.7 Å². The highest BCUT2D eigenvalue weighted by Gasteiger charge is 2.15. The van der Waals surface area contributed by atoms with Crippen LogP contribution in [0, 0.1) is 6.92 Å². The fourth-order valence-electron chi connectivity index (χ4n) is 2.63. The van der Waals surface area contributed by atoms with Crippen molar-refractivity contribution >= 4 is 6.08 Å². The molecule has 0 saturated heterocycles. The van der Waals surface area contributed by atoms with E-state index < -0.39 is 0 Å². The van der Waals surface area contributed by atoms with Crippen molar-refractivity contribution in [1.82, 2.24) is 0 Å². The number of benzene rings is 1. The minimum absolute atomic E-state index is 0.803. The summed E-state index contributed by atoms with van der Waals surface area (Å²) in [6, 6.07) is 6.87. The van der Waals surface area contributed by atoms with E-state index in [9.17, 15) is 0 Å². The summed E-state index contributed by atoms with van der Waals surface area (Å²) in [6.07, 6.45) is 8.94. The molecule has 0 nitrogen and oxygen atoms in total. The molecular weight excluding hydrogens is 180 g/mol. The molecule has 1 aromatic carbocycles. The van der Waals surface area contributed by atoms with Crippen LogP contribution < -0.4 is 0 Å². The highest BCUT2D eigenvalue weighted by Crippen LogP contribution is 2.33. The van der Waals surface area contributed by atoms with E-state index in [4.69, 9.17) is 0 Å². The summed E-state index contributed by atoms with van der Waals surface area (Å²) in [7, 11) is 0. The fourth-order valence-corrected chi connectivity index (χ4v) is 2.63. The topological polar surface area (TPSA) is 0 Å². The Morgan fingerprint density at radius 3 is 2.53 bits per heavy atom. The van der Waals surface area contributed by atoms with Gasteiger partial charge in [0.15, 0.2) is 0 Å². The second kappa shape index (κ2) is 4.65. The van der Waals surface area contributed by atoms with Gasteiger partial charge in [0.2, 0.25) is 0 Å². The second-order valence-electron chi connectivity index (χ2n) is 4.72. The molecule has 1 aliphatic carbocycles. The van der Waals surface area contributed by atoms with Crippen LogP contribution in [-0.2, 0) is 0 Å². The average Bonchev–Trinajstić information content (AvgIpc) is 2.29. The maximum atomic E-state index is 3.86. The van der Waals surface area contributed by atoms with Crippen molar-refractivity contribution in [3.8, 4) is 0 Å². The van der Waals surface area contributed by atoms with Crippen LogP contribution in [0.4, 0.5) is 0 Å². The molecule has 1 saturated carbocycles. The molecule has 0 amide bonds. The van der Waals surface area contributed by atoms with E-state index in [1.54, 1.807) is 0 Å². The molecule has 1 aliphatic rings. The first-order chi connectivity index (χ1) is 7.29. The SMILES string of the molecule is C=Cc1cc(C)cc(C2CCCCC2)c1. The summed E-state index contributed by atoms with van der Waals surface area (Å²) in [6.45, 7) is 6.04. The van der Waals surface area contributed by atoms with Crippen molar-refractivity contribution in [2.24, 2.45) is 0 Å². The standard InChI is InChI=1S/C15H20/c1-3-13-9-12(2)10-15(11-13)14-7-5-4-6-8-14/h3,9-11,14H,1,4-8H2,2H3. The van der Waals surface area contributed by atoms with E-state index in [1.807, 2.05) is 6.08 Å². The van der Waals surface area contributed by atoms with Gasteiger partial charge in [0.25, 0.3) is 0 Å². The van der Waals surface area contributed by atoms with Gasteiger partial charge in [-0.25, -0.2) is 0 Å². The first-order valence-corrected chi connectivity index (χ1v) is 6.03. The maximum Gasteiger partial charge on any atom is -0.0162 e. The number of hydrogen-bond donors (Lipinski definition) is 0. The van der Waals surface area contributed by atoms with Gasteiger partial charge in [0.1, 0.15) is 0 Å². The minimum Gasteiger partial charge on any atom is -0.0985 e. The molecule has 0 spiro atoms. The highest BCUT2D eigenvalue weighted by molar-refractivity contribution is 5.50.